The van der Waals surface area contributed by atoms with E-state index in [4.69, 9.17) is 32.7 Å². The highest BCUT2D eigenvalue weighted by atomic mass is 79.9. The van der Waals surface area contributed by atoms with Gasteiger partial charge in [-0.25, -0.2) is 9.82 Å². The van der Waals surface area contributed by atoms with Gasteiger partial charge in [0.1, 0.15) is 12.4 Å². The average molecular weight is 540 g/mol. The van der Waals surface area contributed by atoms with Gasteiger partial charge in [0.05, 0.1) is 17.3 Å². The topological polar surface area (TPSA) is 59.9 Å². The monoisotopic (exact) mass is 538 g/mol. The highest BCUT2D eigenvalue weighted by Crippen LogP contribution is 2.37. The number of benzene rings is 3. The fourth-order valence-electron chi connectivity index (χ4n) is 2.69. The second-order valence-electron chi connectivity index (χ2n) is 6.49. The van der Waals surface area contributed by atoms with E-state index >= 15 is 0 Å². The third kappa shape index (κ3) is 6.45. The molecule has 0 saturated carbocycles. The minimum Gasteiger partial charge on any atom is -0.490 e. The van der Waals surface area contributed by atoms with Crippen molar-refractivity contribution in [1.82, 2.24) is 5.43 Å². The van der Waals surface area contributed by atoms with Gasteiger partial charge in [-0.1, -0.05) is 29.3 Å². The standard InChI is InChI=1S/C23H18BrCl2FN2O3/c1-2-31-21-10-14(12-28-29-23(30)15-4-7-18(27)8-5-15)9-19(24)22(21)32-13-16-3-6-17(25)11-20(16)26/h3-12H,2,13H2,1H3,(H,29,30)/b28-12-. The van der Waals surface area contributed by atoms with Crippen molar-refractivity contribution >= 4 is 51.3 Å². The number of carbonyl (C=O) groups excluding carboxylic acids is 1. The smallest absolute Gasteiger partial charge is 0.271 e. The Morgan fingerprint density at radius 1 is 1.12 bits per heavy atom. The first-order valence-electron chi connectivity index (χ1n) is 9.49. The number of carbonyl (C=O) groups is 1. The summed E-state index contributed by atoms with van der Waals surface area (Å²) in [5, 5.41) is 5.01. The molecule has 0 radical (unpaired) electrons. The van der Waals surface area contributed by atoms with Crippen molar-refractivity contribution < 1.29 is 18.7 Å². The van der Waals surface area contributed by atoms with Crippen LogP contribution in [0, 0.1) is 5.82 Å². The predicted octanol–water partition coefficient (Wildman–Crippen LogP) is 6.64. The number of halogens is 4. The SMILES string of the molecule is CCOc1cc(/C=N\NC(=O)c2ccc(F)cc2)cc(Br)c1OCc1ccc(Cl)cc1Cl. The van der Waals surface area contributed by atoms with Crippen LogP contribution < -0.4 is 14.9 Å². The van der Waals surface area contributed by atoms with Crippen LogP contribution in [0.1, 0.15) is 28.4 Å². The number of nitrogens with one attached hydrogen (secondary N) is 1. The Labute approximate surface area is 203 Å². The molecule has 5 nitrogen and oxygen atoms in total. The van der Waals surface area contributed by atoms with Crippen molar-refractivity contribution in [3.63, 3.8) is 0 Å². The zero-order valence-electron chi connectivity index (χ0n) is 16.9. The van der Waals surface area contributed by atoms with E-state index in [1.807, 2.05) is 6.92 Å². The Bertz CT molecular complexity index is 1140. The van der Waals surface area contributed by atoms with Gasteiger partial charge >= 0.3 is 0 Å². The molecule has 0 saturated heterocycles. The third-order valence-electron chi connectivity index (χ3n) is 4.20. The summed E-state index contributed by atoms with van der Waals surface area (Å²) in [4.78, 5) is 12.1. The van der Waals surface area contributed by atoms with Gasteiger partial charge in [0.2, 0.25) is 0 Å². The Morgan fingerprint density at radius 2 is 1.88 bits per heavy atom. The molecule has 3 aromatic carbocycles. The molecular weight excluding hydrogens is 522 g/mol. The molecule has 1 amide bonds. The van der Waals surface area contributed by atoms with E-state index in [1.165, 1.54) is 30.5 Å². The zero-order valence-corrected chi connectivity index (χ0v) is 20.0. The fourth-order valence-corrected chi connectivity index (χ4v) is 3.72. The molecule has 9 heteroatoms. The summed E-state index contributed by atoms with van der Waals surface area (Å²) in [6, 6.07) is 13.9. The van der Waals surface area contributed by atoms with Gasteiger partial charge < -0.3 is 9.47 Å². The molecular formula is C23H18BrCl2FN2O3. The number of hydrogen-bond donors (Lipinski definition) is 1. The van der Waals surface area contributed by atoms with Crippen molar-refractivity contribution in [2.75, 3.05) is 6.61 Å². The zero-order chi connectivity index (χ0) is 23.1. The predicted molar refractivity (Wildman–Crippen MR) is 128 cm³/mol. The molecule has 0 bridgehead atoms. The summed E-state index contributed by atoms with van der Waals surface area (Å²) in [5.41, 5.74) is 4.14. The Kier molecular flexibility index (Phi) is 8.50. The average Bonchev–Trinajstić information content (AvgIpc) is 2.75. The lowest BCUT2D eigenvalue weighted by Gasteiger charge is -2.15. The van der Waals surface area contributed by atoms with Crippen molar-refractivity contribution in [2.24, 2.45) is 5.10 Å². The van der Waals surface area contributed by atoms with Gasteiger partial charge in [-0.15, -0.1) is 0 Å². The normalized spacial score (nSPS) is 10.9. The van der Waals surface area contributed by atoms with Crippen molar-refractivity contribution in [1.29, 1.82) is 0 Å². The highest BCUT2D eigenvalue weighted by Gasteiger charge is 2.13. The Balaban J connectivity index is 1.73. The Morgan fingerprint density at radius 3 is 2.56 bits per heavy atom. The minimum atomic E-state index is -0.454. The summed E-state index contributed by atoms with van der Waals surface area (Å²) < 4.78 is 25.3. The van der Waals surface area contributed by atoms with Crippen LogP contribution in [0.2, 0.25) is 10.0 Å². The van der Waals surface area contributed by atoms with Crippen molar-refractivity contribution in [2.45, 2.75) is 13.5 Å². The van der Waals surface area contributed by atoms with E-state index in [1.54, 1.807) is 30.3 Å². The lowest BCUT2D eigenvalue weighted by atomic mass is 10.2. The first-order valence-corrected chi connectivity index (χ1v) is 11.0. The van der Waals surface area contributed by atoms with Gasteiger partial charge in [-0.2, -0.15) is 5.10 Å². The van der Waals surface area contributed by atoms with Crippen LogP contribution in [0.15, 0.2) is 64.2 Å². The molecule has 3 rings (SSSR count). The van der Waals surface area contributed by atoms with E-state index in [9.17, 15) is 9.18 Å². The molecule has 0 heterocycles. The van der Waals surface area contributed by atoms with Crippen LogP contribution in [-0.2, 0) is 6.61 Å². The van der Waals surface area contributed by atoms with Gasteiger partial charge in [0.15, 0.2) is 11.5 Å². The fraction of sp³-hybridized carbons (Fsp3) is 0.130. The summed E-state index contributed by atoms with van der Waals surface area (Å²) >= 11 is 15.7. The second-order valence-corrected chi connectivity index (χ2v) is 8.19. The van der Waals surface area contributed by atoms with E-state index < -0.39 is 11.7 Å². The van der Waals surface area contributed by atoms with Crippen LogP contribution >= 0.6 is 39.1 Å². The first kappa shape index (κ1) is 24.0. The third-order valence-corrected chi connectivity index (χ3v) is 5.38. The molecule has 3 aromatic rings. The Hall–Kier alpha value is -2.61. The summed E-state index contributed by atoms with van der Waals surface area (Å²) in [6.07, 6.45) is 1.47. The van der Waals surface area contributed by atoms with Crippen LogP contribution in [-0.4, -0.2) is 18.7 Å². The number of amides is 1. The van der Waals surface area contributed by atoms with E-state index in [-0.39, 0.29) is 6.61 Å². The van der Waals surface area contributed by atoms with E-state index in [0.717, 1.165) is 5.56 Å². The minimum absolute atomic E-state index is 0.218. The maximum atomic E-state index is 13.0. The molecule has 0 aliphatic heterocycles. The van der Waals surface area contributed by atoms with Gasteiger partial charge in [-0.05, 0) is 76.9 Å². The molecule has 0 aliphatic rings. The lowest BCUT2D eigenvalue weighted by Crippen LogP contribution is -2.17. The van der Waals surface area contributed by atoms with Gasteiger partial charge in [0, 0.05) is 21.2 Å². The molecule has 32 heavy (non-hydrogen) atoms. The van der Waals surface area contributed by atoms with Crippen LogP contribution in [0.4, 0.5) is 4.39 Å². The van der Waals surface area contributed by atoms with Crippen LogP contribution in [0.25, 0.3) is 0 Å². The molecule has 0 fully saturated rings. The maximum Gasteiger partial charge on any atom is 0.271 e. The van der Waals surface area contributed by atoms with Crippen LogP contribution in [0.5, 0.6) is 11.5 Å². The molecule has 0 aromatic heterocycles. The quantitative estimate of drug-likeness (QED) is 0.258. The molecule has 0 atom stereocenters. The maximum absolute atomic E-state index is 13.0. The van der Waals surface area contributed by atoms with Gasteiger partial charge in [0.25, 0.3) is 5.91 Å². The van der Waals surface area contributed by atoms with E-state index in [2.05, 4.69) is 26.5 Å². The lowest BCUT2D eigenvalue weighted by molar-refractivity contribution is 0.0955. The summed E-state index contributed by atoms with van der Waals surface area (Å²) in [5.74, 6) is 0.132. The largest absolute Gasteiger partial charge is 0.490 e. The number of rotatable bonds is 8. The number of ether oxygens (including phenoxy) is 2. The van der Waals surface area contributed by atoms with Crippen molar-refractivity contribution in [3.05, 3.63) is 91.6 Å². The summed E-state index contributed by atoms with van der Waals surface area (Å²) in [6.45, 7) is 2.50. The van der Waals surface area contributed by atoms with Gasteiger partial charge in [-0.3, -0.25) is 4.79 Å². The molecule has 166 valence electrons. The number of hydrazone groups is 1. The molecule has 0 unspecified atom stereocenters. The van der Waals surface area contributed by atoms with Crippen LogP contribution in [0.3, 0.4) is 0 Å². The number of nitrogens with zero attached hydrogens (tertiary/aromatic N) is 1. The van der Waals surface area contributed by atoms with Crippen molar-refractivity contribution in [3.8, 4) is 11.5 Å². The first-order chi connectivity index (χ1) is 15.4. The summed E-state index contributed by atoms with van der Waals surface area (Å²) in [7, 11) is 0. The highest BCUT2D eigenvalue weighted by molar-refractivity contribution is 9.10. The molecule has 0 spiro atoms. The second kappa shape index (κ2) is 11.3. The number of hydrogen-bond acceptors (Lipinski definition) is 4. The molecule has 0 aliphatic carbocycles. The molecule has 1 N–H and O–H groups in total. The van der Waals surface area contributed by atoms with E-state index in [0.29, 0.717) is 43.8 Å².